The van der Waals surface area contributed by atoms with Crippen LogP contribution in [-0.4, -0.2) is 82.9 Å². The molecule has 4 aliphatic rings. The lowest BCUT2D eigenvalue weighted by Gasteiger charge is -2.32. The smallest absolute Gasteiger partial charge is 0.408 e. The Morgan fingerprint density at radius 3 is 2.70 bits per heavy atom. The van der Waals surface area contributed by atoms with E-state index in [1.807, 2.05) is 18.2 Å². The quantitative estimate of drug-likeness (QED) is 0.585. The van der Waals surface area contributed by atoms with Crippen LogP contribution >= 0.6 is 11.8 Å². The highest BCUT2D eigenvalue weighted by Crippen LogP contribution is 2.33. The van der Waals surface area contributed by atoms with Crippen LogP contribution in [0.1, 0.15) is 45.4 Å². The van der Waals surface area contributed by atoms with Crippen LogP contribution in [0.4, 0.5) is 4.79 Å². The molecule has 9 heteroatoms. The van der Waals surface area contributed by atoms with E-state index >= 15 is 0 Å². The van der Waals surface area contributed by atoms with E-state index in [0.717, 1.165) is 25.7 Å². The molecule has 2 fully saturated rings. The number of allylic oxidation sites excluding steroid dienone is 2. The molecule has 2 N–H and O–H groups in total. The summed E-state index contributed by atoms with van der Waals surface area (Å²) in [5.41, 5.74) is 0. The summed E-state index contributed by atoms with van der Waals surface area (Å²) >= 11 is 1.52. The predicted octanol–water partition coefficient (Wildman–Crippen LogP) is 2.67. The Kier molecular flexibility index (Phi) is 8.49. The number of aliphatic hydroxyl groups is 1. The van der Waals surface area contributed by atoms with E-state index < -0.39 is 24.3 Å². The molecule has 1 saturated carbocycles. The van der Waals surface area contributed by atoms with Crippen molar-refractivity contribution in [2.24, 2.45) is 10.9 Å². The Morgan fingerprint density at radius 2 is 1.97 bits per heavy atom. The largest absolute Gasteiger partial charge is 0.436 e. The van der Waals surface area contributed by atoms with Gasteiger partial charge in [0.05, 0.1) is 35.6 Å². The number of alkyl carbamates (subject to hydrolysis) is 1. The highest BCUT2D eigenvalue weighted by molar-refractivity contribution is 8.15. The Balaban J connectivity index is 1.34. The average molecular weight is 478 g/mol. The molecule has 0 bridgehead atoms. The Hall–Kier alpha value is -1.84. The number of nitrogens with zero attached hydrogens (tertiary/aromatic N) is 2. The number of nitrogens with one attached hydrogen (secondary N) is 1. The second-order valence-corrected chi connectivity index (χ2v) is 10.5. The summed E-state index contributed by atoms with van der Waals surface area (Å²) in [6.45, 7) is 3.76. The number of rotatable bonds is 7. The molecule has 0 spiro atoms. The minimum absolute atomic E-state index is 0.0230. The van der Waals surface area contributed by atoms with E-state index in [-0.39, 0.29) is 17.2 Å². The van der Waals surface area contributed by atoms with E-state index in [1.54, 1.807) is 11.8 Å². The molecule has 0 aromatic carbocycles. The van der Waals surface area contributed by atoms with Gasteiger partial charge in [-0.05, 0) is 19.3 Å². The third-order valence-corrected chi connectivity index (χ3v) is 8.08. The van der Waals surface area contributed by atoms with Crippen LogP contribution in [0.5, 0.6) is 0 Å². The van der Waals surface area contributed by atoms with Crippen molar-refractivity contribution >= 4 is 28.8 Å². The predicted molar refractivity (Wildman–Crippen MR) is 128 cm³/mol. The fraction of sp³-hybridized carbons (Fsp3) is 0.708. The van der Waals surface area contributed by atoms with Crippen molar-refractivity contribution in [3.05, 3.63) is 24.3 Å². The number of carbonyl (C=O) groups is 2. The lowest BCUT2D eigenvalue weighted by atomic mass is 9.85. The van der Waals surface area contributed by atoms with E-state index in [4.69, 9.17) is 9.47 Å². The number of amides is 2. The van der Waals surface area contributed by atoms with Gasteiger partial charge in [-0.1, -0.05) is 68.2 Å². The average Bonchev–Trinajstić information content (AvgIpc) is 3.28. The second kappa shape index (κ2) is 11.5. The van der Waals surface area contributed by atoms with E-state index in [9.17, 15) is 14.7 Å². The highest BCUT2D eigenvalue weighted by atomic mass is 32.2. The van der Waals surface area contributed by atoms with E-state index in [2.05, 4.69) is 16.4 Å². The summed E-state index contributed by atoms with van der Waals surface area (Å²) in [4.78, 5) is 32.2. The maximum Gasteiger partial charge on any atom is 0.408 e. The normalized spacial score (nSPS) is 27.9. The van der Waals surface area contributed by atoms with Crippen LogP contribution in [0.2, 0.25) is 0 Å². The third kappa shape index (κ3) is 6.39. The van der Waals surface area contributed by atoms with Crippen molar-refractivity contribution in [2.75, 3.05) is 26.3 Å². The Labute approximate surface area is 199 Å². The summed E-state index contributed by atoms with van der Waals surface area (Å²) in [6.07, 6.45) is 11.8. The van der Waals surface area contributed by atoms with Gasteiger partial charge in [0.15, 0.2) is 6.10 Å². The first-order chi connectivity index (χ1) is 16.0. The molecular formula is C24H35N3O5S. The summed E-state index contributed by atoms with van der Waals surface area (Å²) in [5, 5.41) is 14.3. The fourth-order valence-electron chi connectivity index (χ4n) is 4.82. The van der Waals surface area contributed by atoms with Crippen LogP contribution < -0.4 is 5.32 Å². The summed E-state index contributed by atoms with van der Waals surface area (Å²) < 4.78 is 11.0. The first kappa shape index (κ1) is 24.3. The molecule has 182 valence electrons. The van der Waals surface area contributed by atoms with Gasteiger partial charge in [-0.3, -0.25) is 9.79 Å². The van der Waals surface area contributed by atoms with Crippen LogP contribution in [0.15, 0.2) is 29.3 Å². The van der Waals surface area contributed by atoms with Crippen molar-refractivity contribution in [2.45, 2.75) is 75.0 Å². The van der Waals surface area contributed by atoms with Crippen LogP contribution in [0, 0.1) is 5.92 Å². The minimum Gasteiger partial charge on any atom is -0.436 e. The van der Waals surface area contributed by atoms with Crippen molar-refractivity contribution < 1.29 is 24.2 Å². The van der Waals surface area contributed by atoms with Crippen molar-refractivity contribution in [3.63, 3.8) is 0 Å². The minimum atomic E-state index is -0.929. The second-order valence-electron chi connectivity index (χ2n) is 9.26. The number of aliphatic hydroxyl groups excluding tert-OH is 1. The van der Waals surface area contributed by atoms with Gasteiger partial charge in [-0.2, -0.15) is 0 Å². The zero-order chi connectivity index (χ0) is 23.2. The molecular weight excluding hydrogens is 442 g/mol. The van der Waals surface area contributed by atoms with Gasteiger partial charge in [-0.15, -0.1) is 0 Å². The van der Waals surface area contributed by atoms with Gasteiger partial charge in [0.1, 0.15) is 6.10 Å². The number of ether oxygens (including phenoxy) is 2. The maximum atomic E-state index is 13.2. The number of morpholine rings is 1. The van der Waals surface area contributed by atoms with Gasteiger partial charge in [0.2, 0.25) is 0 Å². The first-order valence-corrected chi connectivity index (χ1v) is 13.0. The maximum absolute atomic E-state index is 13.2. The molecule has 0 radical (unpaired) electrons. The molecule has 3 unspecified atom stereocenters. The molecule has 0 aromatic rings. The summed E-state index contributed by atoms with van der Waals surface area (Å²) in [7, 11) is 0. The molecule has 2 amide bonds. The zero-order valence-electron chi connectivity index (χ0n) is 19.2. The molecule has 4 rings (SSSR count). The van der Waals surface area contributed by atoms with Crippen LogP contribution in [-0.2, 0) is 14.3 Å². The van der Waals surface area contributed by atoms with Gasteiger partial charge in [0.25, 0.3) is 5.91 Å². The van der Waals surface area contributed by atoms with Crippen molar-refractivity contribution in [1.29, 1.82) is 0 Å². The first-order valence-electron chi connectivity index (χ1n) is 12.1. The summed E-state index contributed by atoms with van der Waals surface area (Å²) in [6, 6.07) is -0.569. The molecule has 33 heavy (non-hydrogen) atoms. The fourth-order valence-corrected chi connectivity index (χ4v) is 6.08. The monoisotopic (exact) mass is 477 g/mol. The Morgan fingerprint density at radius 1 is 1.24 bits per heavy atom. The molecule has 2 aliphatic heterocycles. The molecule has 5 atom stereocenters. The number of carbonyl (C=O) groups excluding carboxylic acids is 2. The van der Waals surface area contributed by atoms with Gasteiger partial charge < -0.3 is 24.8 Å². The number of aliphatic imine (C=N–C) groups is 1. The lowest BCUT2D eigenvalue weighted by molar-refractivity contribution is -0.145. The van der Waals surface area contributed by atoms with Gasteiger partial charge >= 0.3 is 6.09 Å². The number of hydrogen-bond donors (Lipinski definition) is 2. The van der Waals surface area contributed by atoms with Crippen molar-refractivity contribution in [3.8, 4) is 0 Å². The molecule has 2 heterocycles. The zero-order valence-corrected chi connectivity index (χ0v) is 20.0. The SMILES string of the molecule is C[C@H](NC(=O)O[C@@H](CC1CCCCC1)C(=O)N1CCOCC1)C(O)C1=NC2C=CC=CC2S1. The standard InChI is InChI=1S/C24H35N3O5S/c1-16(21(28)22-26-18-9-5-6-10-20(18)33-22)25-24(30)32-19(15-17-7-3-2-4-8-17)23(29)27-11-13-31-14-12-27/h5-6,9-10,16-21,28H,2-4,7-8,11-15H2,1H3,(H,25,30)/t16-,18?,19-,20?,21?/m0/s1. The van der Waals surface area contributed by atoms with Crippen LogP contribution in [0.3, 0.4) is 0 Å². The van der Waals surface area contributed by atoms with Gasteiger partial charge in [0, 0.05) is 13.1 Å². The van der Waals surface area contributed by atoms with Gasteiger partial charge in [-0.25, -0.2) is 4.79 Å². The van der Waals surface area contributed by atoms with Crippen LogP contribution in [0.25, 0.3) is 0 Å². The lowest BCUT2D eigenvalue weighted by Crippen LogP contribution is -2.50. The number of fused-ring (bicyclic) bond motifs is 1. The third-order valence-electron chi connectivity index (χ3n) is 6.78. The molecule has 2 aliphatic carbocycles. The molecule has 1 saturated heterocycles. The topological polar surface area (TPSA) is 100 Å². The molecule has 0 aromatic heterocycles. The molecule has 8 nitrogen and oxygen atoms in total. The van der Waals surface area contributed by atoms with E-state index in [0.29, 0.717) is 43.7 Å². The highest BCUT2D eigenvalue weighted by Gasteiger charge is 2.35. The number of thioether (sulfide) groups is 1. The van der Waals surface area contributed by atoms with E-state index in [1.165, 1.54) is 18.2 Å². The Bertz CT molecular complexity index is 789. The van der Waals surface area contributed by atoms with Crippen molar-refractivity contribution in [1.82, 2.24) is 10.2 Å². The summed E-state index contributed by atoms with van der Waals surface area (Å²) in [5.74, 6) is 0.240. The number of hydrogen-bond acceptors (Lipinski definition) is 7.